The van der Waals surface area contributed by atoms with Crippen LogP contribution in [0.3, 0.4) is 0 Å². The lowest BCUT2D eigenvalue weighted by atomic mass is 10.1. The van der Waals surface area contributed by atoms with Crippen molar-refractivity contribution in [1.82, 2.24) is 4.31 Å². The molecule has 0 unspecified atom stereocenters. The van der Waals surface area contributed by atoms with Gasteiger partial charge in [-0.2, -0.15) is 9.57 Å². The lowest BCUT2D eigenvalue weighted by Crippen LogP contribution is -2.31. The summed E-state index contributed by atoms with van der Waals surface area (Å²) in [6.07, 6.45) is 0. The van der Waals surface area contributed by atoms with Crippen molar-refractivity contribution in [3.05, 3.63) is 57.8 Å². The van der Waals surface area contributed by atoms with E-state index in [0.717, 1.165) is 4.88 Å². The van der Waals surface area contributed by atoms with Crippen molar-refractivity contribution in [3.63, 3.8) is 0 Å². The van der Waals surface area contributed by atoms with Crippen LogP contribution in [0.1, 0.15) is 22.9 Å². The van der Waals surface area contributed by atoms with Gasteiger partial charge in [-0.1, -0.05) is 31.2 Å². The summed E-state index contributed by atoms with van der Waals surface area (Å²) in [7, 11) is -3.45. The SMILES string of the molecule is CCN(Cc1cccs1)S(=O)(=O)Cc1ccccc1C#N. The summed E-state index contributed by atoms with van der Waals surface area (Å²) in [6, 6.07) is 12.7. The van der Waals surface area contributed by atoms with Crippen LogP contribution in [0.2, 0.25) is 0 Å². The molecular weight excluding hydrogens is 304 g/mol. The minimum atomic E-state index is -3.45. The van der Waals surface area contributed by atoms with Crippen LogP contribution < -0.4 is 0 Å². The Morgan fingerprint density at radius 1 is 1.24 bits per heavy atom. The molecule has 0 amide bonds. The molecule has 1 aromatic carbocycles. The lowest BCUT2D eigenvalue weighted by molar-refractivity contribution is 0.425. The fraction of sp³-hybridized carbons (Fsp3) is 0.267. The number of hydrogen-bond donors (Lipinski definition) is 0. The molecule has 0 spiro atoms. The van der Waals surface area contributed by atoms with Crippen LogP contribution in [-0.2, 0) is 22.3 Å². The van der Waals surface area contributed by atoms with Gasteiger partial charge < -0.3 is 0 Å². The molecule has 110 valence electrons. The Balaban J connectivity index is 2.22. The molecule has 0 aliphatic carbocycles. The molecule has 1 heterocycles. The molecular formula is C15H16N2O2S2. The second-order valence-electron chi connectivity index (χ2n) is 4.53. The highest BCUT2D eigenvalue weighted by Crippen LogP contribution is 2.19. The van der Waals surface area contributed by atoms with Crippen molar-refractivity contribution in [2.75, 3.05) is 6.54 Å². The number of rotatable bonds is 6. The number of nitriles is 1. The van der Waals surface area contributed by atoms with Gasteiger partial charge in [-0.15, -0.1) is 11.3 Å². The summed E-state index contributed by atoms with van der Waals surface area (Å²) in [6.45, 7) is 2.61. The van der Waals surface area contributed by atoms with Gasteiger partial charge in [0.1, 0.15) is 0 Å². The normalized spacial score (nSPS) is 11.5. The monoisotopic (exact) mass is 320 g/mol. The quantitative estimate of drug-likeness (QED) is 0.822. The van der Waals surface area contributed by atoms with E-state index in [1.54, 1.807) is 24.3 Å². The first kappa shape index (κ1) is 15.7. The van der Waals surface area contributed by atoms with E-state index in [1.165, 1.54) is 15.6 Å². The minimum absolute atomic E-state index is 0.143. The zero-order valence-electron chi connectivity index (χ0n) is 11.7. The Kier molecular flexibility index (Phi) is 5.12. The zero-order valence-corrected chi connectivity index (χ0v) is 13.3. The Morgan fingerprint density at radius 3 is 2.62 bits per heavy atom. The molecule has 0 N–H and O–H groups in total. The van der Waals surface area contributed by atoms with Crippen LogP contribution in [0, 0.1) is 11.3 Å². The van der Waals surface area contributed by atoms with E-state index in [9.17, 15) is 8.42 Å². The molecule has 0 saturated heterocycles. The largest absolute Gasteiger partial charge is 0.218 e. The molecule has 0 bridgehead atoms. The predicted octanol–water partition coefficient (Wildman–Crippen LogP) is 2.97. The first-order valence-electron chi connectivity index (χ1n) is 6.55. The first-order valence-corrected chi connectivity index (χ1v) is 9.04. The topological polar surface area (TPSA) is 61.2 Å². The minimum Gasteiger partial charge on any atom is -0.212 e. The standard InChI is InChI=1S/C15H16N2O2S2/c1-2-17(11-15-8-5-9-20-15)21(18,19)12-14-7-4-3-6-13(14)10-16/h3-9H,2,11-12H2,1H3. The fourth-order valence-corrected chi connectivity index (χ4v) is 4.38. The highest BCUT2D eigenvalue weighted by Gasteiger charge is 2.22. The van der Waals surface area contributed by atoms with Gasteiger partial charge in [0.15, 0.2) is 0 Å². The second kappa shape index (κ2) is 6.85. The smallest absolute Gasteiger partial charge is 0.212 e. The molecule has 0 fully saturated rings. The number of sulfonamides is 1. The highest BCUT2D eigenvalue weighted by atomic mass is 32.2. The highest BCUT2D eigenvalue weighted by molar-refractivity contribution is 7.88. The van der Waals surface area contributed by atoms with Crippen molar-refractivity contribution in [2.45, 2.75) is 19.2 Å². The summed E-state index contributed by atoms with van der Waals surface area (Å²) in [5, 5.41) is 11.0. The summed E-state index contributed by atoms with van der Waals surface area (Å²) >= 11 is 1.54. The number of nitrogens with zero attached hydrogens (tertiary/aromatic N) is 2. The van der Waals surface area contributed by atoms with E-state index in [-0.39, 0.29) is 5.75 Å². The van der Waals surface area contributed by atoms with Crippen LogP contribution in [0.4, 0.5) is 0 Å². The van der Waals surface area contributed by atoms with Crippen molar-refractivity contribution < 1.29 is 8.42 Å². The van der Waals surface area contributed by atoms with E-state index in [2.05, 4.69) is 0 Å². The van der Waals surface area contributed by atoms with Gasteiger partial charge in [0.05, 0.1) is 17.4 Å². The van der Waals surface area contributed by atoms with Crippen LogP contribution in [-0.4, -0.2) is 19.3 Å². The summed E-state index contributed by atoms with van der Waals surface area (Å²) < 4.78 is 26.5. The Labute approximate surface area is 129 Å². The van der Waals surface area contributed by atoms with Crippen LogP contribution in [0.5, 0.6) is 0 Å². The molecule has 0 saturated carbocycles. The maximum Gasteiger partial charge on any atom is 0.218 e. The number of thiophene rings is 1. The summed E-state index contributed by atoms with van der Waals surface area (Å²) in [5.41, 5.74) is 0.956. The third-order valence-corrected chi connectivity index (χ3v) is 5.85. The van der Waals surface area contributed by atoms with Crippen LogP contribution in [0.15, 0.2) is 41.8 Å². The zero-order chi connectivity index (χ0) is 15.3. The first-order chi connectivity index (χ1) is 10.1. The van der Waals surface area contributed by atoms with Crippen molar-refractivity contribution >= 4 is 21.4 Å². The molecule has 0 radical (unpaired) electrons. The molecule has 21 heavy (non-hydrogen) atoms. The fourth-order valence-electron chi connectivity index (χ4n) is 2.03. The van der Waals surface area contributed by atoms with E-state index in [0.29, 0.717) is 24.2 Å². The van der Waals surface area contributed by atoms with Gasteiger partial charge in [-0.05, 0) is 23.1 Å². The third kappa shape index (κ3) is 3.91. The van der Waals surface area contributed by atoms with Crippen LogP contribution >= 0.6 is 11.3 Å². The molecule has 2 rings (SSSR count). The molecule has 4 nitrogen and oxygen atoms in total. The van der Waals surface area contributed by atoms with Gasteiger partial charge in [0.2, 0.25) is 10.0 Å². The van der Waals surface area contributed by atoms with Gasteiger partial charge in [-0.25, -0.2) is 8.42 Å². The average molecular weight is 320 g/mol. The molecule has 6 heteroatoms. The molecule has 2 aromatic rings. The number of hydrogen-bond acceptors (Lipinski definition) is 4. The molecule has 1 aromatic heterocycles. The van der Waals surface area contributed by atoms with Crippen molar-refractivity contribution in [3.8, 4) is 6.07 Å². The Bertz CT molecular complexity index is 731. The van der Waals surface area contributed by atoms with E-state index in [4.69, 9.17) is 5.26 Å². The van der Waals surface area contributed by atoms with E-state index >= 15 is 0 Å². The van der Waals surface area contributed by atoms with Gasteiger partial charge in [0.25, 0.3) is 0 Å². The maximum atomic E-state index is 12.5. The van der Waals surface area contributed by atoms with Gasteiger partial charge in [0, 0.05) is 18.0 Å². The van der Waals surface area contributed by atoms with Crippen molar-refractivity contribution in [2.24, 2.45) is 0 Å². The third-order valence-electron chi connectivity index (χ3n) is 3.13. The van der Waals surface area contributed by atoms with Gasteiger partial charge >= 0.3 is 0 Å². The van der Waals surface area contributed by atoms with E-state index in [1.807, 2.05) is 30.5 Å². The van der Waals surface area contributed by atoms with E-state index < -0.39 is 10.0 Å². The van der Waals surface area contributed by atoms with Gasteiger partial charge in [-0.3, -0.25) is 0 Å². The van der Waals surface area contributed by atoms with Crippen molar-refractivity contribution in [1.29, 1.82) is 5.26 Å². The molecule has 0 aliphatic rings. The average Bonchev–Trinajstić information content (AvgIpc) is 2.97. The summed E-state index contributed by atoms with van der Waals surface area (Å²) in [4.78, 5) is 1.01. The maximum absolute atomic E-state index is 12.5. The summed E-state index contributed by atoms with van der Waals surface area (Å²) in [5.74, 6) is -0.143. The Morgan fingerprint density at radius 2 is 2.00 bits per heavy atom. The predicted molar refractivity (Wildman–Crippen MR) is 84.2 cm³/mol. The number of benzene rings is 1. The molecule has 0 aliphatic heterocycles. The van der Waals surface area contributed by atoms with Crippen LogP contribution in [0.25, 0.3) is 0 Å². The second-order valence-corrected chi connectivity index (χ2v) is 7.53. The lowest BCUT2D eigenvalue weighted by Gasteiger charge is -2.20. The Hall–Kier alpha value is -1.68. The molecule has 0 atom stereocenters.